The number of amides is 3. The summed E-state index contributed by atoms with van der Waals surface area (Å²) in [4.78, 5) is 41.5. The van der Waals surface area contributed by atoms with Crippen LogP contribution in [-0.4, -0.2) is 96.1 Å². The van der Waals surface area contributed by atoms with Gasteiger partial charge in [0.15, 0.2) is 0 Å². The Morgan fingerprint density at radius 2 is 1.83 bits per heavy atom. The minimum atomic E-state index is -1.07. The molecule has 0 saturated carbocycles. The highest BCUT2D eigenvalue weighted by molar-refractivity contribution is 5.91. The fourth-order valence-electron chi connectivity index (χ4n) is 3.74. The van der Waals surface area contributed by atoms with E-state index in [2.05, 4.69) is 5.32 Å². The molecule has 202 valence electrons. The van der Waals surface area contributed by atoms with Crippen LogP contribution in [0.25, 0.3) is 0 Å². The minimum Gasteiger partial charge on any atom is -0.489 e. The number of hydrogen-bond acceptors (Lipinski definition) is 7. The summed E-state index contributed by atoms with van der Waals surface area (Å²) in [6, 6.07) is 3.00. The molecule has 1 aliphatic rings. The van der Waals surface area contributed by atoms with E-state index in [0.29, 0.717) is 12.2 Å². The second-order valence-electron chi connectivity index (χ2n) is 9.95. The van der Waals surface area contributed by atoms with Crippen LogP contribution in [-0.2, 0) is 19.1 Å². The molecule has 1 unspecified atom stereocenters. The molecule has 0 spiro atoms. The van der Waals surface area contributed by atoms with Crippen molar-refractivity contribution in [3.8, 4) is 5.75 Å². The van der Waals surface area contributed by atoms with Crippen LogP contribution in [0.4, 0.5) is 9.18 Å². The first kappa shape index (κ1) is 29.3. The number of carbonyl (C=O) groups excluding carboxylic acids is 3. The van der Waals surface area contributed by atoms with Crippen LogP contribution in [0.5, 0.6) is 5.75 Å². The SMILES string of the molecule is CO[C@H](C)[C@H](NC(=O)[C@H](C)N(C)C(=O)OC(C)(C)C)C(=O)N1C[C@@H](Oc2ccc(F)cc2)CC1CO. The van der Waals surface area contributed by atoms with Crippen LogP contribution < -0.4 is 10.1 Å². The van der Waals surface area contributed by atoms with Crippen LogP contribution in [0.15, 0.2) is 24.3 Å². The molecule has 1 heterocycles. The van der Waals surface area contributed by atoms with Crippen molar-refractivity contribution >= 4 is 17.9 Å². The van der Waals surface area contributed by atoms with Crippen molar-refractivity contribution in [3.05, 3.63) is 30.1 Å². The molecule has 1 aromatic carbocycles. The molecule has 0 radical (unpaired) electrons. The summed E-state index contributed by atoms with van der Waals surface area (Å²) < 4.78 is 29.7. The minimum absolute atomic E-state index is 0.164. The molecule has 1 fully saturated rings. The highest BCUT2D eigenvalue weighted by Crippen LogP contribution is 2.24. The predicted octanol–water partition coefficient (Wildman–Crippen LogP) is 1.94. The molecule has 0 aliphatic carbocycles. The first-order valence-electron chi connectivity index (χ1n) is 11.9. The average Bonchev–Trinajstić information content (AvgIpc) is 3.23. The molecule has 36 heavy (non-hydrogen) atoms. The maximum Gasteiger partial charge on any atom is 0.410 e. The number of nitrogens with zero attached hydrogens (tertiary/aromatic N) is 2. The fraction of sp³-hybridized carbons (Fsp3) is 0.640. The van der Waals surface area contributed by atoms with E-state index in [0.717, 1.165) is 4.90 Å². The number of halogens is 1. The molecular formula is C25H38FN3O7. The molecule has 2 rings (SSSR count). The number of nitrogens with one attached hydrogen (secondary N) is 1. The number of ether oxygens (including phenoxy) is 3. The molecular weight excluding hydrogens is 473 g/mol. The van der Waals surface area contributed by atoms with Gasteiger partial charge in [-0.05, 0) is 58.9 Å². The lowest BCUT2D eigenvalue weighted by Crippen LogP contribution is -2.59. The van der Waals surface area contributed by atoms with Crippen LogP contribution >= 0.6 is 0 Å². The normalized spacial score (nSPS) is 20.3. The van der Waals surface area contributed by atoms with Gasteiger partial charge in [0.2, 0.25) is 11.8 Å². The van der Waals surface area contributed by atoms with Crippen molar-refractivity contribution in [1.82, 2.24) is 15.1 Å². The van der Waals surface area contributed by atoms with Crippen molar-refractivity contribution in [2.45, 2.75) is 77.0 Å². The third-order valence-corrected chi connectivity index (χ3v) is 6.03. The Labute approximate surface area is 211 Å². The standard InChI is InChI=1S/C25H38FN3O7/c1-15(28(6)24(33)36-25(3,4)5)22(31)27-21(16(2)34-7)23(32)29-13-20(12-18(29)14-30)35-19-10-8-17(26)9-11-19/h8-11,15-16,18,20-21,30H,12-14H2,1-7H3,(H,27,31)/t15-,16+,18?,20-,21-/m0/s1. The Bertz CT molecular complexity index is 906. The van der Waals surface area contributed by atoms with E-state index in [9.17, 15) is 23.9 Å². The van der Waals surface area contributed by atoms with E-state index in [1.165, 1.54) is 50.2 Å². The number of aliphatic hydroxyl groups is 1. The molecule has 3 amide bonds. The summed E-state index contributed by atoms with van der Waals surface area (Å²) in [5.41, 5.74) is -0.730. The van der Waals surface area contributed by atoms with Gasteiger partial charge in [-0.25, -0.2) is 9.18 Å². The van der Waals surface area contributed by atoms with Gasteiger partial charge in [0.1, 0.15) is 35.4 Å². The van der Waals surface area contributed by atoms with Crippen molar-refractivity contribution in [3.63, 3.8) is 0 Å². The van der Waals surface area contributed by atoms with Gasteiger partial charge in [-0.1, -0.05) is 0 Å². The van der Waals surface area contributed by atoms with Crippen molar-refractivity contribution < 1.29 is 38.1 Å². The smallest absolute Gasteiger partial charge is 0.410 e. The molecule has 1 aliphatic heterocycles. The van der Waals surface area contributed by atoms with Crippen molar-refractivity contribution in [2.24, 2.45) is 0 Å². The third-order valence-electron chi connectivity index (χ3n) is 6.03. The Balaban J connectivity index is 2.12. The molecule has 11 heteroatoms. The lowest BCUT2D eigenvalue weighted by Gasteiger charge is -2.33. The monoisotopic (exact) mass is 511 g/mol. The lowest BCUT2D eigenvalue weighted by atomic mass is 10.1. The van der Waals surface area contributed by atoms with Gasteiger partial charge < -0.3 is 29.5 Å². The highest BCUT2D eigenvalue weighted by atomic mass is 19.1. The molecule has 1 aromatic rings. The van der Waals surface area contributed by atoms with E-state index < -0.39 is 59.7 Å². The maximum atomic E-state index is 13.5. The number of rotatable bonds is 9. The molecule has 0 aromatic heterocycles. The number of carbonyl (C=O) groups is 3. The molecule has 10 nitrogen and oxygen atoms in total. The number of hydrogen-bond donors (Lipinski definition) is 2. The predicted molar refractivity (Wildman–Crippen MR) is 130 cm³/mol. The second-order valence-corrected chi connectivity index (χ2v) is 9.95. The maximum absolute atomic E-state index is 13.5. The van der Waals surface area contributed by atoms with E-state index in [1.54, 1.807) is 27.7 Å². The second kappa shape index (κ2) is 12.4. The topological polar surface area (TPSA) is 118 Å². The summed E-state index contributed by atoms with van der Waals surface area (Å²) in [5, 5.41) is 12.6. The first-order valence-corrected chi connectivity index (χ1v) is 11.9. The zero-order chi connectivity index (χ0) is 27.2. The van der Waals surface area contributed by atoms with Gasteiger partial charge in [-0.2, -0.15) is 0 Å². The lowest BCUT2D eigenvalue weighted by molar-refractivity contribution is -0.142. The number of benzene rings is 1. The van der Waals surface area contributed by atoms with Crippen LogP contribution in [0.3, 0.4) is 0 Å². The summed E-state index contributed by atoms with van der Waals surface area (Å²) in [6.45, 7) is 8.20. The largest absolute Gasteiger partial charge is 0.489 e. The van der Waals surface area contributed by atoms with Gasteiger partial charge in [-0.15, -0.1) is 0 Å². The Kier molecular flexibility index (Phi) is 10.1. The molecule has 2 N–H and O–H groups in total. The first-order chi connectivity index (χ1) is 16.8. The van der Waals surface area contributed by atoms with Crippen molar-refractivity contribution in [1.29, 1.82) is 0 Å². The number of likely N-dealkylation sites (tertiary alicyclic amines) is 1. The Morgan fingerprint density at radius 1 is 1.22 bits per heavy atom. The van der Waals surface area contributed by atoms with E-state index >= 15 is 0 Å². The molecule has 1 saturated heterocycles. The molecule has 0 bridgehead atoms. The van der Waals surface area contributed by atoms with Crippen LogP contribution in [0, 0.1) is 5.82 Å². The zero-order valence-corrected chi connectivity index (χ0v) is 22.0. The Morgan fingerprint density at radius 3 is 2.36 bits per heavy atom. The molecule has 5 atom stereocenters. The van der Waals surface area contributed by atoms with Crippen LogP contribution in [0.2, 0.25) is 0 Å². The summed E-state index contributed by atoms with van der Waals surface area (Å²) in [7, 11) is 2.86. The number of likely N-dealkylation sites (N-methyl/N-ethyl adjacent to an activating group) is 1. The zero-order valence-electron chi connectivity index (χ0n) is 22.0. The van der Waals surface area contributed by atoms with Gasteiger partial charge in [0, 0.05) is 20.6 Å². The summed E-state index contributed by atoms with van der Waals surface area (Å²) in [6.07, 6.45) is -1.44. The van der Waals surface area contributed by atoms with Gasteiger partial charge >= 0.3 is 6.09 Å². The van der Waals surface area contributed by atoms with Crippen molar-refractivity contribution in [2.75, 3.05) is 27.3 Å². The summed E-state index contributed by atoms with van der Waals surface area (Å²) >= 11 is 0. The Hall–Kier alpha value is -2.92. The van der Waals surface area contributed by atoms with Gasteiger partial charge in [0.05, 0.1) is 25.3 Å². The fourth-order valence-corrected chi connectivity index (χ4v) is 3.74. The van der Waals surface area contributed by atoms with Gasteiger partial charge in [-0.3, -0.25) is 14.5 Å². The van der Waals surface area contributed by atoms with E-state index in [4.69, 9.17) is 14.2 Å². The third kappa shape index (κ3) is 7.79. The van der Waals surface area contributed by atoms with E-state index in [-0.39, 0.29) is 13.2 Å². The van der Waals surface area contributed by atoms with Gasteiger partial charge in [0.25, 0.3) is 0 Å². The van der Waals surface area contributed by atoms with Crippen LogP contribution in [0.1, 0.15) is 41.0 Å². The van der Waals surface area contributed by atoms with E-state index in [1.807, 2.05) is 0 Å². The number of aliphatic hydroxyl groups excluding tert-OH is 1. The highest BCUT2D eigenvalue weighted by Gasteiger charge is 2.41. The summed E-state index contributed by atoms with van der Waals surface area (Å²) in [5.74, 6) is -0.961. The quantitative estimate of drug-likeness (QED) is 0.520. The average molecular weight is 512 g/mol. The number of methoxy groups -OCH3 is 1.